The van der Waals surface area contributed by atoms with E-state index in [0.717, 1.165) is 24.1 Å². The first kappa shape index (κ1) is 23.2. The molecule has 0 aliphatic heterocycles. The number of fused-ring (bicyclic) bond motifs is 1. The van der Waals surface area contributed by atoms with E-state index in [4.69, 9.17) is 10.1 Å². The van der Waals surface area contributed by atoms with Gasteiger partial charge in [0.2, 0.25) is 5.62 Å². The second-order valence-electron chi connectivity index (χ2n) is 7.47. The van der Waals surface area contributed by atoms with E-state index in [-0.39, 0.29) is 12.4 Å². The average Bonchev–Trinajstić information content (AvgIpc) is 2.99. The van der Waals surface area contributed by atoms with Crippen molar-refractivity contribution in [3.63, 3.8) is 0 Å². The second kappa shape index (κ2) is 12.5. The standard InChI is InChI=1S/C24H33N3O.ClH/c1-2-3-4-5-6-7-13-18-28-20-27-23-17-12-11-16-22(23)26(24(27)25)19-21-14-9-8-10-15-21;/h8-12,14-17,25H,2-7,13,18-20H2,1H3;1H. The molecule has 0 spiro atoms. The van der Waals surface area contributed by atoms with Crippen LogP contribution in [0.15, 0.2) is 54.6 Å². The molecular formula is C24H34ClN3O. The largest absolute Gasteiger partial charge is 0.361 e. The van der Waals surface area contributed by atoms with E-state index in [1.54, 1.807) is 0 Å². The number of nitrogens with one attached hydrogen (secondary N) is 1. The summed E-state index contributed by atoms with van der Waals surface area (Å²) in [7, 11) is 0. The smallest absolute Gasteiger partial charge is 0.205 e. The Morgan fingerprint density at radius 3 is 2.03 bits per heavy atom. The Kier molecular flexibility index (Phi) is 10.0. The quantitative estimate of drug-likeness (QED) is 0.356. The Labute approximate surface area is 180 Å². The molecule has 0 amide bonds. The summed E-state index contributed by atoms with van der Waals surface area (Å²) in [5.41, 5.74) is 3.83. The Morgan fingerprint density at radius 1 is 0.759 bits per heavy atom. The maximum absolute atomic E-state index is 8.68. The fourth-order valence-electron chi connectivity index (χ4n) is 3.67. The molecule has 2 aromatic carbocycles. The third-order valence-electron chi connectivity index (χ3n) is 5.27. The van der Waals surface area contributed by atoms with Crippen LogP contribution in [0.1, 0.15) is 57.4 Å². The van der Waals surface area contributed by atoms with Gasteiger partial charge in [-0.1, -0.05) is 87.9 Å². The lowest BCUT2D eigenvalue weighted by atomic mass is 10.1. The van der Waals surface area contributed by atoms with Gasteiger partial charge in [-0.3, -0.25) is 9.98 Å². The summed E-state index contributed by atoms with van der Waals surface area (Å²) in [6.45, 7) is 4.16. The Hall–Kier alpha value is -2.04. The topological polar surface area (TPSA) is 42.9 Å². The highest BCUT2D eigenvalue weighted by Gasteiger charge is 2.10. The molecular weight excluding hydrogens is 382 g/mol. The molecule has 0 radical (unpaired) electrons. The second-order valence-corrected chi connectivity index (χ2v) is 7.47. The van der Waals surface area contributed by atoms with Gasteiger partial charge >= 0.3 is 0 Å². The van der Waals surface area contributed by atoms with Crippen molar-refractivity contribution >= 4 is 23.4 Å². The van der Waals surface area contributed by atoms with Crippen molar-refractivity contribution in [3.05, 3.63) is 65.8 Å². The van der Waals surface area contributed by atoms with Gasteiger partial charge in [0.05, 0.1) is 17.6 Å². The monoisotopic (exact) mass is 415 g/mol. The van der Waals surface area contributed by atoms with Gasteiger partial charge < -0.3 is 9.30 Å². The maximum atomic E-state index is 8.68. The van der Waals surface area contributed by atoms with Gasteiger partial charge in [-0.05, 0) is 24.1 Å². The summed E-state index contributed by atoms with van der Waals surface area (Å²) in [5.74, 6) is 0. The first-order chi connectivity index (χ1) is 13.8. The first-order valence-electron chi connectivity index (χ1n) is 10.7. The number of halogens is 1. The van der Waals surface area contributed by atoms with Crippen LogP contribution in [0.2, 0.25) is 0 Å². The van der Waals surface area contributed by atoms with E-state index >= 15 is 0 Å². The zero-order chi connectivity index (χ0) is 19.6. The fourth-order valence-corrected chi connectivity index (χ4v) is 3.67. The van der Waals surface area contributed by atoms with Crippen LogP contribution in [0, 0.1) is 5.41 Å². The molecule has 4 nitrogen and oxygen atoms in total. The molecule has 0 saturated heterocycles. The van der Waals surface area contributed by atoms with Gasteiger partial charge in [0.1, 0.15) is 6.73 Å². The fraction of sp³-hybridized carbons (Fsp3) is 0.458. The predicted octanol–water partition coefficient (Wildman–Crippen LogP) is 6.12. The lowest BCUT2D eigenvalue weighted by Crippen LogP contribution is -2.26. The van der Waals surface area contributed by atoms with Crippen molar-refractivity contribution in [2.75, 3.05) is 6.61 Å². The number of rotatable bonds is 12. The maximum Gasteiger partial charge on any atom is 0.205 e. The summed E-state index contributed by atoms with van der Waals surface area (Å²) in [5, 5.41) is 8.68. The number of hydrogen-bond donors (Lipinski definition) is 1. The van der Waals surface area contributed by atoms with Gasteiger partial charge in [-0.15, -0.1) is 12.4 Å². The van der Waals surface area contributed by atoms with Gasteiger partial charge in [-0.25, -0.2) is 0 Å². The van der Waals surface area contributed by atoms with E-state index in [1.807, 2.05) is 34.9 Å². The summed E-state index contributed by atoms with van der Waals surface area (Å²) < 4.78 is 9.96. The number of nitrogens with zero attached hydrogens (tertiary/aromatic N) is 2. The number of aromatic nitrogens is 2. The van der Waals surface area contributed by atoms with Crippen LogP contribution in [-0.4, -0.2) is 15.7 Å². The number of unbranched alkanes of at least 4 members (excludes halogenated alkanes) is 6. The third-order valence-corrected chi connectivity index (χ3v) is 5.27. The third kappa shape index (κ3) is 6.48. The molecule has 1 N–H and O–H groups in total. The van der Waals surface area contributed by atoms with Crippen molar-refractivity contribution in [3.8, 4) is 0 Å². The van der Waals surface area contributed by atoms with E-state index in [9.17, 15) is 0 Å². The number of para-hydroxylation sites is 2. The Morgan fingerprint density at radius 2 is 1.34 bits per heavy atom. The molecule has 0 saturated carbocycles. The highest BCUT2D eigenvalue weighted by atomic mass is 35.5. The summed E-state index contributed by atoms with van der Waals surface area (Å²) in [6.07, 6.45) is 8.99. The molecule has 0 fully saturated rings. The first-order valence-corrected chi connectivity index (χ1v) is 10.7. The predicted molar refractivity (Wildman–Crippen MR) is 123 cm³/mol. The van der Waals surface area contributed by atoms with Crippen LogP contribution in [0.5, 0.6) is 0 Å². The molecule has 3 rings (SSSR count). The highest BCUT2D eigenvalue weighted by molar-refractivity contribution is 5.85. The Bertz CT molecular complexity index is 901. The van der Waals surface area contributed by atoms with E-state index < -0.39 is 0 Å². The molecule has 29 heavy (non-hydrogen) atoms. The van der Waals surface area contributed by atoms with Gasteiger partial charge in [-0.2, -0.15) is 0 Å². The van der Waals surface area contributed by atoms with E-state index in [0.29, 0.717) is 18.9 Å². The number of imidazole rings is 1. The zero-order valence-electron chi connectivity index (χ0n) is 17.5. The van der Waals surface area contributed by atoms with Gasteiger partial charge in [0.15, 0.2) is 0 Å². The molecule has 5 heteroatoms. The van der Waals surface area contributed by atoms with Crippen LogP contribution >= 0.6 is 12.4 Å². The summed E-state index contributed by atoms with van der Waals surface area (Å²) >= 11 is 0. The summed E-state index contributed by atoms with van der Waals surface area (Å²) in [6, 6.07) is 18.6. The minimum absolute atomic E-state index is 0. The normalized spacial score (nSPS) is 10.9. The van der Waals surface area contributed by atoms with Crippen LogP contribution in [0.4, 0.5) is 0 Å². The highest BCUT2D eigenvalue weighted by Crippen LogP contribution is 2.15. The van der Waals surface area contributed by atoms with Crippen molar-refractivity contribution in [2.24, 2.45) is 0 Å². The molecule has 0 aliphatic rings. The molecule has 3 aromatic rings. The minimum Gasteiger partial charge on any atom is -0.361 e. The lowest BCUT2D eigenvalue weighted by molar-refractivity contribution is 0.0730. The average molecular weight is 416 g/mol. The van der Waals surface area contributed by atoms with Crippen molar-refractivity contribution in [1.29, 1.82) is 5.41 Å². The SMILES string of the molecule is CCCCCCCCCOCn1c(=N)n(Cc2ccccc2)c2ccccc21.Cl. The lowest BCUT2D eigenvalue weighted by Gasteiger charge is -2.07. The van der Waals surface area contributed by atoms with Crippen LogP contribution in [0.3, 0.4) is 0 Å². The molecule has 1 heterocycles. The molecule has 0 unspecified atom stereocenters. The van der Waals surface area contributed by atoms with Crippen LogP contribution in [0.25, 0.3) is 11.0 Å². The minimum atomic E-state index is 0. The molecule has 158 valence electrons. The van der Waals surface area contributed by atoms with E-state index in [1.165, 1.54) is 44.1 Å². The van der Waals surface area contributed by atoms with Crippen LogP contribution in [-0.2, 0) is 18.0 Å². The molecule has 0 atom stereocenters. The van der Waals surface area contributed by atoms with Gasteiger partial charge in [0, 0.05) is 6.61 Å². The number of benzene rings is 2. The number of hydrogen-bond acceptors (Lipinski definition) is 2. The number of ether oxygens (including phenoxy) is 1. The molecule has 0 aliphatic carbocycles. The van der Waals surface area contributed by atoms with Crippen molar-refractivity contribution < 1.29 is 4.74 Å². The zero-order valence-corrected chi connectivity index (χ0v) is 18.3. The molecule has 0 bridgehead atoms. The van der Waals surface area contributed by atoms with Crippen molar-refractivity contribution in [2.45, 2.75) is 65.1 Å². The Balaban J connectivity index is 0.00000300. The van der Waals surface area contributed by atoms with Crippen molar-refractivity contribution in [1.82, 2.24) is 9.13 Å². The summed E-state index contributed by atoms with van der Waals surface area (Å²) in [4.78, 5) is 0. The van der Waals surface area contributed by atoms with Crippen LogP contribution < -0.4 is 5.62 Å². The molecule has 1 aromatic heterocycles. The van der Waals surface area contributed by atoms with Gasteiger partial charge in [0.25, 0.3) is 0 Å². The van der Waals surface area contributed by atoms with E-state index in [2.05, 4.69) is 35.8 Å².